The van der Waals surface area contributed by atoms with Crippen molar-refractivity contribution in [2.45, 2.75) is 33.6 Å². The SMILES string of the molecule is CCOC(=O)Cc1c(C)ccc(CC)c1C#N. The number of benzene rings is 1. The van der Waals surface area contributed by atoms with E-state index in [-0.39, 0.29) is 12.4 Å². The van der Waals surface area contributed by atoms with Crippen molar-refractivity contribution in [3.8, 4) is 6.07 Å². The Balaban J connectivity index is 3.13. The third-order valence-corrected chi connectivity index (χ3v) is 2.75. The first kappa shape index (κ1) is 13.2. The van der Waals surface area contributed by atoms with Crippen LogP contribution in [0.3, 0.4) is 0 Å². The van der Waals surface area contributed by atoms with Gasteiger partial charge < -0.3 is 4.74 Å². The normalized spacial score (nSPS) is 9.76. The monoisotopic (exact) mass is 231 g/mol. The Morgan fingerprint density at radius 3 is 2.65 bits per heavy atom. The van der Waals surface area contributed by atoms with Crippen LogP contribution in [-0.4, -0.2) is 12.6 Å². The van der Waals surface area contributed by atoms with E-state index in [4.69, 9.17) is 4.74 Å². The Kier molecular flexibility index (Phi) is 4.71. The topological polar surface area (TPSA) is 50.1 Å². The minimum Gasteiger partial charge on any atom is -0.466 e. The van der Waals surface area contributed by atoms with E-state index in [9.17, 15) is 10.1 Å². The molecule has 0 fully saturated rings. The highest BCUT2D eigenvalue weighted by atomic mass is 16.5. The van der Waals surface area contributed by atoms with E-state index in [2.05, 4.69) is 6.07 Å². The highest BCUT2D eigenvalue weighted by molar-refractivity contribution is 5.74. The summed E-state index contributed by atoms with van der Waals surface area (Å²) in [5.41, 5.74) is 3.37. The van der Waals surface area contributed by atoms with Gasteiger partial charge in [-0.2, -0.15) is 5.26 Å². The molecule has 0 bridgehead atoms. The third-order valence-electron chi connectivity index (χ3n) is 2.75. The first-order valence-electron chi connectivity index (χ1n) is 5.81. The summed E-state index contributed by atoms with van der Waals surface area (Å²) in [6.45, 7) is 6.06. The fourth-order valence-corrected chi connectivity index (χ4v) is 1.82. The lowest BCUT2D eigenvalue weighted by Crippen LogP contribution is -2.11. The van der Waals surface area contributed by atoms with Gasteiger partial charge in [-0.25, -0.2) is 0 Å². The van der Waals surface area contributed by atoms with Crippen LogP contribution in [0.4, 0.5) is 0 Å². The van der Waals surface area contributed by atoms with Crippen LogP contribution in [0.15, 0.2) is 12.1 Å². The summed E-state index contributed by atoms with van der Waals surface area (Å²) >= 11 is 0. The summed E-state index contributed by atoms with van der Waals surface area (Å²) in [6, 6.07) is 6.10. The van der Waals surface area contributed by atoms with Crippen LogP contribution < -0.4 is 0 Å². The molecule has 1 aromatic rings. The number of nitriles is 1. The Morgan fingerprint density at radius 1 is 1.41 bits per heavy atom. The molecule has 0 radical (unpaired) electrons. The fraction of sp³-hybridized carbons (Fsp3) is 0.429. The standard InChI is InChI=1S/C14H17NO2/c1-4-11-7-6-10(3)12(13(11)9-15)8-14(16)17-5-2/h6-7H,4-5,8H2,1-3H3. The second kappa shape index (κ2) is 6.05. The van der Waals surface area contributed by atoms with Crippen molar-refractivity contribution in [3.63, 3.8) is 0 Å². The van der Waals surface area contributed by atoms with Gasteiger partial charge in [0.05, 0.1) is 24.7 Å². The minimum absolute atomic E-state index is 0.177. The molecule has 0 heterocycles. The fourth-order valence-electron chi connectivity index (χ4n) is 1.82. The zero-order valence-electron chi connectivity index (χ0n) is 10.5. The highest BCUT2D eigenvalue weighted by Gasteiger charge is 2.14. The summed E-state index contributed by atoms with van der Waals surface area (Å²) in [5, 5.41) is 9.20. The minimum atomic E-state index is -0.277. The van der Waals surface area contributed by atoms with Crippen molar-refractivity contribution in [2.75, 3.05) is 6.61 Å². The molecule has 0 N–H and O–H groups in total. The van der Waals surface area contributed by atoms with E-state index in [1.165, 1.54) is 0 Å². The highest BCUT2D eigenvalue weighted by Crippen LogP contribution is 2.20. The molecule has 0 spiro atoms. The van der Waals surface area contributed by atoms with Crippen molar-refractivity contribution < 1.29 is 9.53 Å². The van der Waals surface area contributed by atoms with Crippen molar-refractivity contribution in [1.29, 1.82) is 5.26 Å². The van der Waals surface area contributed by atoms with Crippen LogP contribution >= 0.6 is 0 Å². The lowest BCUT2D eigenvalue weighted by molar-refractivity contribution is -0.142. The van der Waals surface area contributed by atoms with Gasteiger partial charge in [-0.3, -0.25) is 4.79 Å². The Labute approximate surface area is 102 Å². The maximum atomic E-state index is 11.5. The van der Waals surface area contributed by atoms with E-state index in [0.29, 0.717) is 12.2 Å². The van der Waals surface area contributed by atoms with Crippen LogP contribution in [0.2, 0.25) is 0 Å². The van der Waals surface area contributed by atoms with Crippen LogP contribution in [0, 0.1) is 18.3 Å². The van der Waals surface area contributed by atoms with Crippen molar-refractivity contribution in [2.24, 2.45) is 0 Å². The number of ether oxygens (including phenoxy) is 1. The van der Waals surface area contributed by atoms with Gasteiger partial charge in [-0.15, -0.1) is 0 Å². The van der Waals surface area contributed by atoms with Gasteiger partial charge >= 0.3 is 5.97 Å². The van der Waals surface area contributed by atoms with Gasteiger partial charge in [0.25, 0.3) is 0 Å². The molecule has 0 aliphatic rings. The molecule has 1 aromatic carbocycles. The van der Waals surface area contributed by atoms with Crippen LogP contribution in [0.1, 0.15) is 36.1 Å². The van der Waals surface area contributed by atoms with Crippen LogP contribution in [0.25, 0.3) is 0 Å². The molecule has 1 rings (SSSR count). The Hall–Kier alpha value is -1.82. The molecule has 0 aliphatic carbocycles. The van der Waals surface area contributed by atoms with Gasteiger partial charge in [-0.1, -0.05) is 19.1 Å². The van der Waals surface area contributed by atoms with Gasteiger partial charge in [0, 0.05) is 0 Å². The number of carbonyl (C=O) groups excluding carboxylic acids is 1. The Morgan fingerprint density at radius 2 is 2.12 bits per heavy atom. The first-order valence-corrected chi connectivity index (χ1v) is 5.81. The van der Waals surface area contributed by atoms with Crippen molar-refractivity contribution >= 4 is 5.97 Å². The molecule has 0 unspecified atom stereocenters. The van der Waals surface area contributed by atoms with E-state index < -0.39 is 0 Å². The molecule has 3 heteroatoms. The number of carbonyl (C=O) groups is 1. The molecule has 90 valence electrons. The summed E-state index contributed by atoms with van der Waals surface area (Å²) in [5.74, 6) is -0.277. The molecule has 0 aromatic heterocycles. The molecule has 0 atom stereocenters. The molecule has 0 amide bonds. The third kappa shape index (κ3) is 3.07. The lowest BCUT2D eigenvalue weighted by atomic mass is 9.94. The zero-order valence-corrected chi connectivity index (χ0v) is 10.5. The summed E-state index contributed by atoms with van der Waals surface area (Å²) < 4.78 is 4.93. The van der Waals surface area contributed by atoms with Gasteiger partial charge in [0.15, 0.2) is 0 Å². The summed E-state index contributed by atoms with van der Waals surface area (Å²) in [4.78, 5) is 11.5. The van der Waals surface area contributed by atoms with E-state index in [1.54, 1.807) is 6.92 Å². The maximum Gasteiger partial charge on any atom is 0.310 e. The number of nitrogens with zero attached hydrogens (tertiary/aromatic N) is 1. The number of esters is 1. The maximum absolute atomic E-state index is 11.5. The average molecular weight is 231 g/mol. The van der Waals surface area contributed by atoms with Gasteiger partial charge in [-0.05, 0) is 37.0 Å². The average Bonchev–Trinajstić information content (AvgIpc) is 2.31. The molecular weight excluding hydrogens is 214 g/mol. The largest absolute Gasteiger partial charge is 0.466 e. The molecular formula is C14H17NO2. The van der Waals surface area contributed by atoms with Crippen molar-refractivity contribution in [3.05, 3.63) is 34.4 Å². The van der Waals surface area contributed by atoms with Gasteiger partial charge in [0.1, 0.15) is 0 Å². The predicted molar refractivity (Wildman–Crippen MR) is 65.6 cm³/mol. The number of rotatable bonds is 4. The van der Waals surface area contributed by atoms with E-state index in [1.807, 2.05) is 26.0 Å². The summed E-state index contributed by atoms with van der Waals surface area (Å²) in [6.07, 6.45) is 0.968. The number of hydrogen-bond donors (Lipinski definition) is 0. The molecule has 0 saturated carbocycles. The zero-order chi connectivity index (χ0) is 12.8. The smallest absolute Gasteiger partial charge is 0.310 e. The van der Waals surface area contributed by atoms with E-state index in [0.717, 1.165) is 23.1 Å². The second-order valence-electron chi connectivity index (χ2n) is 3.84. The van der Waals surface area contributed by atoms with E-state index >= 15 is 0 Å². The second-order valence-corrected chi connectivity index (χ2v) is 3.84. The van der Waals surface area contributed by atoms with Crippen LogP contribution in [-0.2, 0) is 22.4 Å². The molecule has 0 saturated heterocycles. The molecule has 0 aliphatic heterocycles. The van der Waals surface area contributed by atoms with Crippen LogP contribution in [0.5, 0.6) is 0 Å². The predicted octanol–water partition coefficient (Wildman–Crippen LogP) is 2.53. The quantitative estimate of drug-likeness (QED) is 0.748. The summed E-state index contributed by atoms with van der Waals surface area (Å²) in [7, 11) is 0. The first-order chi connectivity index (χ1) is 8.13. The van der Waals surface area contributed by atoms with Gasteiger partial charge in [0.2, 0.25) is 0 Å². The molecule has 3 nitrogen and oxygen atoms in total. The van der Waals surface area contributed by atoms with Crippen molar-refractivity contribution in [1.82, 2.24) is 0 Å². The number of hydrogen-bond acceptors (Lipinski definition) is 3. The number of aryl methyl sites for hydroxylation is 2. The lowest BCUT2D eigenvalue weighted by Gasteiger charge is -2.11. The molecule has 17 heavy (non-hydrogen) atoms. The Bertz CT molecular complexity index is 458.